The number of amidine groups is 1. The van der Waals surface area contributed by atoms with Crippen LogP contribution in [0.4, 0.5) is 16.2 Å². The maximum absolute atomic E-state index is 12.9. The molecule has 3 aromatic rings. The van der Waals surface area contributed by atoms with E-state index in [0.717, 1.165) is 0 Å². The predicted octanol–water partition coefficient (Wildman–Crippen LogP) is 3.55. The van der Waals surface area contributed by atoms with Crippen molar-refractivity contribution in [3.05, 3.63) is 83.9 Å². The van der Waals surface area contributed by atoms with Gasteiger partial charge in [-0.1, -0.05) is 36.4 Å². The Morgan fingerprint density at radius 3 is 2.58 bits per heavy atom. The van der Waals surface area contributed by atoms with Gasteiger partial charge in [0, 0.05) is 23.9 Å². The van der Waals surface area contributed by atoms with Crippen molar-refractivity contribution in [2.75, 3.05) is 23.4 Å². The van der Waals surface area contributed by atoms with Crippen molar-refractivity contribution >= 4 is 35.2 Å². The van der Waals surface area contributed by atoms with Crippen LogP contribution >= 0.6 is 0 Å². The highest BCUT2D eigenvalue weighted by Gasteiger charge is 2.33. The van der Waals surface area contributed by atoms with E-state index < -0.39 is 24.1 Å². The topological polar surface area (TPSA) is 144 Å². The highest BCUT2D eigenvalue weighted by molar-refractivity contribution is 6.07. The van der Waals surface area contributed by atoms with E-state index in [2.05, 4.69) is 5.32 Å². The maximum atomic E-state index is 12.9. The lowest BCUT2D eigenvalue weighted by Gasteiger charge is -2.16. The summed E-state index contributed by atoms with van der Waals surface area (Å²) in [6.07, 6.45) is -1.20. The molecule has 2 amide bonds. The van der Waals surface area contributed by atoms with E-state index in [-0.39, 0.29) is 36.0 Å². The van der Waals surface area contributed by atoms with Crippen LogP contribution in [0, 0.1) is 5.41 Å². The number of carbonyl (C=O) groups excluding carboxylic acids is 3. The number of amides is 2. The number of cyclic esters (lactones) is 1. The van der Waals surface area contributed by atoms with Crippen LogP contribution < -0.4 is 25.4 Å². The SMILES string of the molecule is CC(=O)Oc1c(OCC2CN(c3cccc(C(=N)N)c3)C(=O)O2)cccc1C(=O)Nc1ccccc1. The van der Waals surface area contributed by atoms with Crippen molar-refractivity contribution in [3.63, 3.8) is 0 Å². The molecular weight excluding hydrogens is 464 g/mol. The molecule has 36 heavy (non-hydrogen) atoms. The van der Waals surface area contributed by atoms with Crippen molar-refractivity contribution in [1.29, 1.82) is 5.41 Å². The first kappa shape index (κ1) is 24.3. The van der Waals surface area contributed by atoms with Gasteiger partial charge >= 0.3 is 12.1 Å². The Morgan fingerprint density at radius 2 is 1.86 bits per heavy atom. The molecule has 10 heteroatoms. The van der Waals surface area contributed by atoms with Crippen molar-refractivity contribution in [2.45, 2.75) is 13.0 Å². The molecule has 0 aromatic heterocycles. The van der Waals surface area contributed by atoms with Crippen molar-refractivity contribution in [3.8, 4) is 11.5 Å². The second-order valence-electron chi connectivity index (χ2n) is 7.94. The van der Waals surface area contributed by atoms with Crippen LogP contribution in [-0.4, -0.2) is 43.1 Å². The molecule has 1 fully saturated rings. The van der Waals surface area contributed by atoms with E-state index in [0.29, 0.717) is 16.9 Å². The van der Waals surface area contributed by atoms with E-state index in [1.807, 2.05) is 6.07 Å². The molecule has 1 aliphatic heterocycles. The number of esters is 1. The summed E-state index contributed by atoms with van der Waals surface area (Å²) in [5.74, 6) is -1.10. The zero-order valence-corrected chi connectivity index (χ0v) is 19.4. The molecule has 1 heterocycles. The summed E-state index contributed by atoms with van der Waals surface area (Å²) in [5.41, 5.74) is 7.25. The highest BCUT2D eigenvalue weighted by atomic mass is 16.6. The van der Waals surface area contributed by atoms with Gasteiger partial charge in [0.2, 0.25) is 0 Å². The van der Waals surface area contributed by atoms with E-state index in [9.17, 15) is 14.4 Å². The Labute approximate surface area is 207 Å². The second-order valence-corrected chi connectivity index (χ2v) is 7.94. The summed E-state index contributed by atoms with van der Waals surface area (Å²) < 4.78 is 16.6. The molecule has 1 unspecified atom stereocenters. The third kappa shape index (κ3) is 5.61. The normalized spacial score (nSPS) is 14.6. The number of benzene rings is 3. The molecular formula is C26H24N4O6. The van der Waals surface area contributed by atoms with Crippen LogP contribution in [0.1, 0.15) is 22.8 Å². The third-order valence-electron chi connectivity index (χ3n) is 5.27. The first-order chi connectivity index (χ1) is 17.3. The summed E-state index contributed by atoms with van der Waals surface area (Å²) in [4.78, 5) is 38.5. The van der Waals surface area contributed by atoms with Gasteiger partial charge in [-0.05, 0) is 36.4 Å². The van der Waals surface area contributed by atoms with E-state index in [1.165, 1.54) is 17.9 Å². The average Bonchev–Trinajstić information content (AvgIpc) is 3.24. The zero-order chi connectivity index (χ0) is 25.7. The van der Waals surface area contributed by atoms with Crippen LogP contribution in [0.3, 0.4) is 0 Å². The fourth-order valence-corrected chi connectivity index (χ4v) is 3.62. The van der Waals surface area contributed by atoms with Gasteiger partial charge in [0.05, 0.1) is 12.1 Å². The Morgan fingerprint density at radius 1 is 1.11 bits per heavy atom. The van der Waals surface area contributed by atoms with Gasteiger partial charge in [0.1, 0.15) is 12.4 Å². The van der Waals surface area contributed by atoms with Gasteiger partial charge in [-0.15, -0.1) is 0 Å². The number of nitrogens with two attached hydrogens (primary N) is 1. The quantitative estimate of drug-likeness (QED) is 0.190. The van der Waals surface area contributed by atoms with Crippen LogP contribution in [0.15, 0.2) is 72.8 Å². The molecule has 0 bridgehead atoms. The number of anilines is 2. The lowest BCUT2D eigenvalue weighted by Crippen LogP contribution is -2.27. The van der Waals surface area contributed by atoms with Crippen molar-refractivity contribution < 1.29 is 28.6 Å². The number of nitrogens with one attached hydrogen (secondary N) is 2. The van der Waals surface area contributed by atoms with Crippen molar-refractivity contribution in [2.24, 2.45) is 5.73 Å². The number of nitrogen functional groups attached to an aromatic ring is 1. The minimum atomic E-state index is -0.634. The first-order valence-electron chi connectivity index (χ1n) is 11.0. The number of ether oxygens (including phenoxy) is 3. The van der Waals surface area contributed by atoms with Gasteiger partial charge < -0.3 is 25.3 Å². The average molecular weight is 489 g/mol. The van der Waals surface area contributed by atoms with Crippen molar-refractivity contribution in [1.82, 2.24) is 0 Å². The Bertz CT molecular complexity index is 1310. The molecule has 4 rings (SSSR count). The highest BCUT2D eigenvalue weighted by Crippen LogP contribution is 2.33. The summed E-state index contributed by atoms with van der Waals surface area (Å²) in [6.45, 7) is 1.37. The fraction of sp³-hybridized carbons (Fsp3) is 0.154. The summed E-state index contributed by atoms with van der Waals surface area (Å²) in [5, 5.41) is 10.3. The molecule has 0 spiro atoms. The van der Waals surface area contributed by atoms with Crippen LogP contribution in [-0.2, 0) is 9.53 Å². The number of para-hydroxylation sites is 2. The number of nitrogens with zero attached hydrogens (tertiary/aromatic N) is 1. The summed E-state index contributed by atoms with van der Waals surface area (Å²) in [6, 6.07) is 20.2. The summed E-state index contributed by atoms with van der Waals surface area (Å²) >= 11 is 0. The fourth-order valence-electron chi connectivity index (χ4n) is 3.62. The Balaban J connectivity index is 1.49. The van der Waals surface area contributed by atoms with Gasteiger partial charge in [-0.3, -0.25) is 19.9 Å². The smallest absolute Gasteiger partial charge is 0.414 e. The van der Waals surface area contributed by atoms with E-state index in [4.69, 9.17) is 25.4 Å². The predicted molar refractivity (Wildman–Crippen MR) is 133 cm³/mol. The van der Waals surface area contributed by atoms with Crippen LogP contribution in [0.5, 0.6) is 11.5 Å². The maximum Gasteiger partial charge on any atom is 0.414 e. The molecule has 10 nitrogen and oxygen atoms in total. The number of carbonyl (C=O) groups is 3. The van der Waals surface area contributed by atoms with E-state index >= 15 is 0 Å². The molecule has 1 atom stereocenters. The lowest BCUT2D eigenvalue weighted by atomic mass is 10.1. The Hall–Kier alpha value is -4.86. The first-order valence-corrected chi connectivity index (χ1v) is 11.0. The van der Waals surface area contributed by atoms with Gasteiger partial charge in [-0.2, -0.15) is 0 Å². The second kappa shape index (κ2) is 10.6. The lowest BCUT2D eigenvalue weighted by molar-refractivity contribution is -0.132. The molecule has 1 saturated heterocycles. The van der Waals surface area contributed by atoms with Gasteiger partial charge in [0.25, 0.3) is 5.91 Å². The molecule has 184 valence electrons. The van der Waals surface area contributed by atoms with Crippen LogP contribution in [0.25, 0.3) is 0 Å². The number of hydrogen-bond donors (Lipinski definition) is 3. The standard InChI is InChI=1S/C26H24N4O6/c1-16(31)35-23-21(25(32)29-18-8-3-2-4-9-18)11-6-12-22(23)34-15-20-14-30(26(33)36-20)19-10-5-7-17(13-19)24(27)28/h2-13,20H,14-15H2,1H3,(H3,27,28)(H,29,32). The number of rotatable bonds is 8. The van der Waals surface area contributed by atoms with Crippen LogP contribution in [0.2, 0.25) is 0 Å². The largest absolute Gasteiger partial charge is 0.486 e. The minimum absolute atomic E-state index is 0.0335. The molecule has 0 saturated carbocycles. The number of hydrogen-bond acceptors (Lipinski definition) is 7. The summed E-state index contributed by atoms with van der Waals surface area (Å²) in [7, 11) is 0. The molecule has 4 N–H and O–H groups in total. The zero-order valence-electron chi connectivity index (χ0n) is 19.4. The molecule has 3 aromatic carbocycles. The van der Waals surface area contributed by atoms with Gasteiger partial charge in [-0.25, -0.2) is 4.79 Å². The molecule has 0 aliphatic carbocycles. The molecule has 1 aliphatic rings. The molecule has 0 radical (unpaired) electrons. The third-order valence-corrected chi connectivity index (χ3v) is 5.27. The minimum Gasteiger partial charge on any atom is -0.486 e. The van der Waals surface area contributed by atoms with Gasteiger partial charge in [0.15, 0.2) is 17.6 Å². The monoisotopic (exact) mass is 488 g/mol. The van der Waals surface area contributed by atoms with E-state index in [1.54, 1.807) is 60.7 Å². The Kier molecular flexibility index (Phi) is 7.15.